The molecule has 1 aliphatic carbocycles. The molecule has 1 heterocycles. The topological polar surface area (TPSA) is 96.7 Å². The molecule has 6 nitrogen and oxygen atoms in total. The van der Waals surface area contributed by atoms with E-state index >= 15 is 0 Å². The van der Waals surface area contributed by atoms with Gasteiger partial charge in [0.15, 0.2) is 5.69 Å². The average Bonchev–Trinajstić information content (AvgIpc) is 3.34. The molecule has 1 aliphatic rings. The lowest BCUT2D eigenvalue weighted by molar-refractivity contribution is -0.120. The molecular formula is C18H18Cl2F5N5OS. The zero-order chi connectivity index (χ0) is 24.3. The van der Waals surface area contributed by atoms with Gasteiger partial charge >= 0.3 is 10.2 Å². The number of nitrogens with one attached hydrogen (secondary N) is 1. The maximum atomic E-state index is 13.3. The minimum atomic E-state index is -10.1. The normalized spacial score (nSPS) is 17.4. The SMILES string of the molecule is CC(C)CNc1c(C2(C(N)=O)CC2)c(C#N)nn1-c1c(Cl)cc(S(F)(F)(F)(F)F)cc1Cl. The van der Waals surface area contributed by atoms with Crippen molar-refractivity contribution in [3.63, 3.8) is 0 Å². The first-order chi connectivity index (χ1) is 14.4. The largest absolute Gasteiger partial charge is 0.369 e. The van der Waals surface area contributed by atoms with Crippen LogP contribution in [0.4, 0.5) is 25.2 Å². The van der Waals surface area contributed by atoms with Crippen LogP contribution in [-0.2, 0) is 10.2 Å². The summed E-state index contributed by atoms with van der Waals surface area (Å²) < 4.78 is 67.3. The summed E-state index contributed by atoms with van der Waals surface area (Å²) in [6.45, 7) is 4.04. The lowest BCUT2D eigenvalue weighted by Gasteiger charge is -2.40. The summed E-state index contributed by atoms with van der Waals surface area (Å²) in [5, 5.41) is 15.1. The summed E-state index contributed by atoms with van der Waals surface area (Å²) in [6, 6.07) is 1.96. The summed E-state index contributed by atoms with van der Waals surface area (Å²) in [7, 11) is -10.1. The fourth-order valence-electron chi connectivity index (χ4n) is 3.29. The van der Waals surface area contributed by atoms with Crippen molar-refractivity contribution in [2.24, 2.45) is 11.7 Å². The number of rotatable bonds is 7. The summed E-state index contributed by atoms with van der Waals surface area (Å²) in [5.74, 6) is -0.549. The van der Waals surface area contributed by atoms with Gasteiger partial charge in [0.1, 0.15) is 22.5 Å². The molecule has 1 aromatic carbocycles. The summed E-state index contributed by atoms with van der Waals surface area (Å²) in [5.41, 5.74) is 3.96. The van der Waals surface area contributed by atoms with E-state index in [1.54, 1.807) is 0 Å². The van der Waals surface area contributed by atoms with E-state index < -0.39 is 36.5 Å². The Morgan fingerprint density at radius 3 is 2.19 bits per heavy atom. The first-order valence-electron chi connectivity index (χ1n) is 9.22. The maximum Gasteiger partial charge on any atom is 0.310 e. The maximum absolute atomic E-state index is 13.3. The lowest BCUT2D eigenvalue weighted by Crippen LogP contribution is -2.30. The van der Waals surface area contributed by atoms with Gasteiger partial charge in [-0.05, 0) is 30.9 Å². The van der Waals surface area contributed by atoms with Crippen LogP contribution in [0.3, 0.4) is 0 Å². The van der Waals surface area contributed by atoms with E-state index in [1.807, 2.05) is 19.9 Å². The number of carbonyl (C=O) groups is 1. The van der Waals surface area contributed by atoms with E-state index in [-0.39, 0.29) is 40.8 Å². The Morgan fingerprint density at radius 1 is 1.28 bits per heavy atom. The van der Waals surface area contributed by atoms with Crippen molar-refractivity contribution in [2.75, 3.05) is 11.9 Å². The Balaban J connectivity index is 2.31. The number of aromatic nitrogens is 2. The molecule has 1 amide bonds. The number of anilines is 1. The quantitative estimate of drug-likeness (QED) is 0.421. The molecule has 0 spiro atoms. The number of hydrogen-bond acceptors (Lipinski definition) is 4. The highest BCUT2D eigenvalue weighted by Crippen LogP contribution is 3.02. The van der Waals surface area contributed by atoms with Crippen LogP contribution in [0.5, 0.6) is 0 Å². The van der Waals surface area contributed by atoms with Crippen LogP contribution in [0.2, 0.25) is 10.0 Å². The molecule has 0 unspecified atom stereocenters. The van der Waals surface area contributed by atoms with Gasteiger partial charge in [-0.1, -0.05) is 56.5 Å². The van der Waals surface area contributed by atoms with Gasteiger partial charge in [-0.15, -0.1) is 0 Å². The zero-order valence-corrected chi connectivity index (χ0v) is 19.1. The van der Waals surface area contributed by atoms with E-state index in [0.29, 0.717) is 19.4 Å². The summed E-state index contributed by atoms with van der Waals surface area (Å²) >= 11 is 11.9. The van der Waals surface area contributed by atoms with Gasteiger partial charge in [0.2, 0.25) is 5.91 Å². The second-order valence-electron chi connectivity index (χ2n) is 8.02. The molecule has 2 aromatic rings. The first kappa shape index (κ1) is 24.4. The van der Waals surface area contributed by atoms with Gasteiger partial charge < -0.3 is 11.1 Å². The standard InChI is InChI=1S/C18H18Cl2F5N5OS/c1-9(2)8-28-16-14(18(3-4-18)17(27)31)13(7-26)29-30(16)15-11(19)5-10(6-12(15)20)32(21,22,23,24)25/h5-6,9,28H,3-4,8H2,1-2H3,(H2,27,31). The average molecular weight is 518 g/mol. The number of nitrogens with two attached hydrogens (primary N) is 1. The van der Waals surface area contributed by atoms with Gasteiger partial charge in [0.25, 0.3) is 0 Å². The molecular weight excluding hydrogens is 500 g/mol. The summed E-state index contributed by atoms with van der Waals surface area (Å²) in [6.07, 6.45) is 0.674. The van der Waals surface area contributed by atoms with Gasteiger partial charge in [-0.3, -0.25) is 4.79 Å². The van der Waals surface area contributed by atoms with Crippen LogP contribution in [0.15, 0.2) is 17.0 Å². The highest BCUT2D eigenvalue weighted by molar-refractivity contribution is 8.45. The van der Waals surface area contributed by atoms with E-state index in [9.17, 15) is 29.5 Å². The fraction of sp³-hybridized carbons (Fsp3) is 0.389. The number of benzene rings is 1. The molecule has 3 rings (SSSR count). The Kier molecular flexibility index (Phi) is 5.25. The third kappa shape index (κ3) is 4.33. The van der Waals surface area contributed by atoms with Crippen LogP contribution < -0.4 is 11.1 Å². The van der Waals surface area contributed by atoms with Crippen LogP contribution in [0.1, 0.15) is 37.9 Å². The molecule has 1 fully saturated rings. The third-order valence-electron chi connectivity index (χ3n) is 5.02. The minimum absolute atomic E-state index is 0.0604. The second-order valence-corrected chi connectivity index (χ2v) is 11.2. The Labute approximate surface area is 190 Å². The molecule has 14 heteroatoms. The number of hydrogen-bond donors (Lipinski definition) is 2. The van der Waals surface area contributed by atoms with Gasteiger partial charge in [-0.25, -0.2) is 4.68 Å². The molecule has 0 atom stereocenters. The van der Waals surface area contributed by atoms with E-state index in [0.717, 1.165) is 4.68 Å². The Morgan fingerprint density at radius 2 is 1.81 bits per heavy atom. The Hall–Kier alpha value is -2.23. The van der Waals surface area contributed by atoms with Crippen molar-refractivity contribution in [1.82, 2.24) is 9.78 Å². The van der Waals surface area contributed by atoms with Gasteiger partial charge in [-0.2, -0.15) is 10.4 Å². The highest BCUT2D eigenvalue weighted by atomic mass is 35.5. The molecule has 176 valence electrons. The highest BCUT2D eigenvalue weighted by Gasteiger charge is 2.65. The second kappa shape index (κ2) is 6.88. The predicted molar refractivity (Wildman–Crippen MR) is 113 cm³/mol. The molecule has 0 aliphatic heterocycles. The molecule has 0 bridgehead atoms. The van der Waals surface area contributed by atoms with Gasteiger partial charge in [0, 0.05) is 12.1 Å². The van der Waals surface area contributed by atoms with Crippen molar-refractivity contribution in [2.45, 2.75) is 37.0 Å². The monoisotopic (exact) mass is 517 g/mol. The number of primary amides is 1. The van der Waals surface area contributed by atoms with E-state index in [2.05, 4.69) is 10.4 Å². The van der Waals surface area contributed by atoms with Crippen LogP contribution in [0, 0.1) is 17.2 Å². The molecule has 0 radical (unpaired) electrons. The molecule has 1 saturated carbocycles. The van der Waals surface area contributed by atoms with Crippen LogP contribution in [-0.4, -0.2) is 22.2 Å². The van der Waals surface area contributed by atoms with Crippen molar-refractivity contribution in [3.8, 4) is 11.8 Å². The van der Waals surface area contributed by atoms with Crippen molar-refractivity contribution >= 4 is 45.2 Å². The molecule has 32 heavy (non-hydrogen) atoms. The number of nitrogens with zero attached hydrogens (tertiary/aromatic N) is 3. The number of carbonyl (C=O) groups excluding carboxylic acids is 1. The Bertz CT molecular complexity index is 1150. The van der Waals surface area contributed by atoms with Crippen LogP contribution >= 0.6 is 33.4 Å². The van der Waals surface area contributed by atoms with Crippen molar-refractivity contribution in [1.29, 1.82) is 5.26 Å². The smallest absolute Gasteiger partial charge is 0.310 e. The van der Waals surface area contributed by atoms with Crippen LogP contribution in [0.25, 0.3) is 5.69 Å². The number of nitriles is 1. The molecule has 3 N–H and O–H groups in total. The first-order valence-corrected chi connectivity index (χ1v) is 11.9. The van der Waals surface area contributed by atoms with Crippen molar-refractivity contribution < 1.29 is 24.2 Å². The third-order valence-corrected chi connectivity index (χ3v) is 6.72. The van der Waals surface area contributed by atoms with E-state index in [1.165, 1.54) is 0 Å². The van der Waals surface area contributed by atoms with Crippen molar-refractivity contribution in [3.05, 3.63) is 33.4 Å². The zero-order valence-electron chi connectivity index (χ0n) is 16.7. The predicted octanol–water partition coefficient (Wildman–Crippen LogP) is 6.29. The molecule has 1 aromatic heterocycles. The fourth-order valence-corrected chi connectivity index (χ4v) is 4.75. The number of halogens is 7. The molecule has 0 saturated heterocycles. The lowest BCUT2D eigenvalue weighted by atomic mass is 9.94. The number of amides is 1. The van der Waals surface area contributed by atoms with E-state index in [4.69, 9.17) is 28.9 Å². The summed E-state index contributed by atoms with van der Waals surface area (Å²) in [4.78, 5) is 9.88. The van der Waals surface area contributed by atoms with Gasteiger partial charge in [0.05, 0.1) is 15.5 Å². The minimum Gasteiger partial charge on any atom is -0.369 e.